The summed E-state index contributed by atoms with van der Waals surface area (Å²) in [5, 5.41) is 10.6. The van der Waals surface area contributed by atoms with Gasteiger partial charge in [-0.15, -0.1) is 16.4 Å². The van der Waals surface area contributed by atoms with Gasteiger partial charge in [0.2, 0.25) is 10.9 Å². The van der Waals surface area contributed by atoms with E-state index in [2.05, 4.69) is 37.9 Å². The van der Waals surface area contributed by atoms with E-state index in [0.29, 0.717) is 5.95 Å². The van der Waals surface area contributed by atoms with Gasteiger partial charge < -0.3 is 4.74 Å². The van der Waals surface area contributed by atoms with Crippen molar-refractivity contribution in [2.24, 2.45) is 0 Å². The maximum absolute atomic E-state index is 5.27. The molecule has 0 radical (unpaired) electrons. The number of anilines is 2. The van der Waals surface area contributed by atoms with Gasteiger partial charge in [0.1, 0.15) is 5.75 Å². The molecule has 5 rings (SSSR count). The minimum absolute atomic E-state index is 0.542. The number of aromatic nitrogens is 4. The molecule has 26 heavy (non-hydrogen) atoms. The third-order valence-electron chi connectivity index (χ3n) is 3.97. The van der Waals surface area contributed by atoms with Crippen molar-refractivity contribution < 1.29 is 4.74 Å². The second kappa shape index (κ2) is 6.08. The number of methoxy groups -OCH3 is 1. The second-order valence-electron chi connectivity index (χ2n) is 5.59. The Morgan fingerprint density at radius 1 is 1.08 bits per heavy atom. The SMILES string of the molecule is COc1ccc2nc(Nc3nc4scc(-c5ccccc5)n4n3)sc2c1. The Hall–Kier alpha value is -2.97. The molecular formula is C18H13N5OS2. The molecule has 128 valence electrons. The van der Waals surface area contributed by atoms with Gasteiger partial charge in [0.25, 0.3) is 0 Å². The molecule has 8 heteroatoms. The van der Waals surface area contributed by atoms with E-state index in [-0.39, 0.29) is 0 Å². The van der Waals surface area contributed by atoms with Crippen molar-refractivity contribution in [2.45, 2.75) is 0 Å². The first-order valence-corrected chi connectivity index (χ1v) is 9.61. The summed E-state index contributed by atoms with van der Waals surface area (Å²) in [6.45, 7) is 0. The van der Waals surface area contributed by atoms with Crippen LogP contribution in [0.2, 0.25) is 0 Å². The quantitative estimate of drug-likeness (QED) is 0.485. The summed E-state index contributed by atoms with van der Waals surface area (Å²) in [5.41, 5.74) is 3.06. The lowest BCUT2D eigenvalue weighted by Crippen LogP contribution is -1.93. The topological polar surface area (TPSA) is 64.3 Å². The van der Waals surface area contributed by atoms with Crippen LogP contribution >= 0.6 is 22.7 Å². The number of rotatable bonds is 4. The van der Waals surface area contributed by atoms with Crippen molar-refractivity contribution >= 4 is 48.9 Å². The number of nitrogens with one attached hydrogen (secondary N) is 1. The number of hydrogen-bond acceptors (Lipinski definition) is 7. The van der Waals surface area contributed by atoms with Gasteiger partial charge in [-0.1, -0.05) is 41.7 Å². The van der Waals surface area contributed by atoms with Crippen molar-refractivity contribution in [3.63, 3.8) is 0 Å². The molecule has 0 aliphatic rings. The summed E-state index contributed by atoms with van der Waals surface area (Å²) < 4.78 is 8.18. The highest BCUT2D eigenvalue weighted by molar-refractivity contribution is 7.22. The maximum atomic E-state index is 5.27. The van der Waals surface area contributed by atoms with Crippen LogP contribution in [0.5, 0.6) is 5.75 Å². The highest BCUT2D eigenvalue weighted by Gasteiger charge is 2.13. The van der Waals surface area contributed by atoms with Crippen LogP contribution in [0.4, 0.5) is 11.1 Å². The van der Waals surface area contributed by atoms with E-state index in [0.717, 1.165) is 37.3 Å². The Balaban J connectivity index is 1.49. The summed E-state index contributed by atoms with van der Waals surface area (Å²) in [5.74, 6) is 1.36. The summed E-state index contributed by atoms with van der Waals surface area (Å²) in [6, 6.07) is 16.0. The molecule has 0 spiro atoms. The third-order valence-corrected chi connectivity index (χ3v) is 5.72. The van der Waals surface area contributed by atoms with E-state index in [4.69, 9.17) is 4.74 Å². The van der Waals surface area contributed by atoms with E-state index in [9.17, 15) is 0 Å². The van der Waals surface area contributed by atoms with Gasteiger partial charge in [0, 0.05) is 10.9 Å². The van der Waals surface area contributed by atoms with Crippen molar-refractivity contribution in [1.82, 2.24) is 19.6 Å². The maximum Gasteiger partial charge on any atom is 0.250 e. The van der Waals surface area contributed by atoms with Crippen LogP contribution in [0.25, 0.3) is 26.4 Å². The monoisotopic (exact) mass is 379 g/mol. The van der Waals surface area contributed by atoms with E-state index in [1.807, 2.05) is 40.9 Å². The van der Waals surface area contributed by atoms with Gasteiger partial charge in [-0.05, 0) is 18.2 Å². The smallest absolute Gasteiger partial charge is 0.250 e. The molecule has 1 N–H and O–H groups in total. The molecule has 5 aromatic rings. The second-order valence-corrected chi connectivity index (χ2v) is 7.46. The van der Waals surface area contributed by atoms with Crippen LogP contribution in [0.1, 0.15) is 0 Å². The predicted molar refractivity (Wildman–Crippen MR) is 106 cm³/mol. The number of thiazole rings is 2. The largest absolute Gasteiger partial charge is 0.497 e. The Morgan fingerprint density at radius 2 is 1.96 bits per heavy atom. The standard InChI is InChI=1S/C18H13N5OS2/c1-24-12-7-8-13-15(9-12)26-17(19-13)20-16-21-18-23(22-16)14(10-25-18)11-5-3-2-4-6-11/h2-10H,1H3,(H,19,20,22). The molecule has 0 amide bonds. The van der Waals surface area contributed by atoms with Gasteiger partial charge in [-0.25, -0.2) is 9.50 Å². The van der Waals surface area contributed by atoms with E-state index >= 15 is 0 Å². The van der Waals surface area contributed by atoms with E-state index in [1.54, 1.807) is 29.8 Å². The van der Waals surface area contributed by atoms with Crippen molar-refractivity contribution in [3.05, 3.63) is 53.9 Å². The van der Waals surface area contributed by atoms with E-state index in [1.165, 1.54) is 0 Å². The number of benzene rings is 2. The summed E-state index contributed by atoms with van der Waals surface area (Å²) in [4.78, 5) is 9.99. The Bertz CT molecular complexity index is 1210. The molecule has 6 nitrogen and oxygen atoms in total. The molecule has 0 saturated heterocycles. The average molecular weight is 379 g/mol. The molecule has 0 bridgehead atoms. The first kappa shape index (κ1) is 15.3. The Labute approximate surface area is 156 Å². The molecule has 0 aliphatic carbocycles. The normalized spacial score (nSPS) is 11.3. The molecule has 3 heterocycles. The fraction of sp³-hybridized carbons (Fsp3) is 0.0556. The lowest BCUT2D eigenvalue weighted by Gasteiger charge is -1.97. The third kappa shape index (κ3) is 2.59. The Kier molecular flexibility index (Phi) is 3.58. The lowest BCUT2D eigenvalue weighted by molar-refractivity contribution is 0.415. The molecule has 0 unspecified atom stereocenters. The first-order valence-electron chi connectivity index (χ1n) is 7.91. The minimum atomic E-state index is 0.542. The fourth-order valence-electron chi connectivity index (χ4n) is 2.72. The highest BCUT2D eigenvalue weighted by atomic mass is 32.1. The van der Waals surface area contributed by atoms with Gasteiger partial charge >= 0.3 is 0 Å². The van der Waals surface area contributed by atoms with Crippen molar-refractivity contribution in [2.75, 3.05) is 12.4 Å². The molecule has 3 aromatic heterocycles. The number of fused-ring (bicyclic) bond motifs is 2. The van der Waals surface area contributed by atoms with Gasteiger partial charge in [-0.2, -0.15) is 4.98 Å². The Morgan fingerprint density at radius 3 is 2.81 bits per heavy atom. The van der Waals surface area contributed by atoms with Gasteiger partial charge in [0.15, 0.2) is 5.13 Å². The zero-order valence-electron chi connectivity index (χ0n) is 13.7. The summed E-state index contributed by atoms with van der Waals surface area (Å²) in [6.07, 6.45) is 0. The number of ether oxygens (including phenoxy) is 1. The van der Waals surface area contributed by atoms with Crippen LogP contribution in [0.3, 0.4) is 0 Å². The highest BCUT2D eigenvalue weighted by Crippen LogP contribution is 2.31. The number of hydrogen-bond donors (Lipinski definition) is 1. The van der Waals surface area contributed by atoms with Crippen LogP contribution in [-0.4, -0.2) is 26.7 Å². The van der Waals surface area contributed by atoms with Gasteiger partial charge in [-0.3, -0.25) is 5.32 Å². The molecule has 2 aromatic carbocycles. The molecule has 0 fully saturated rings. The lowest BCUT2D eigenvalue weighted by atomic mass is 10.2. The van der Waals surface area contributed by atoms with Crippen LogP contribution in [0, 0.1) is 0 Å². The zero-order chi connectivity index (χ0) is 17.5. The number of nitrogens with zero attached hydrogens (tertiary/aromatic N) is 4. The van der Waals surface area contributed by atoms with Gasteiger partial charge in [0.05, 0.1) is 23.0 Å². The minimum Gasteiger partial charge on any atom is -0.497 e. The molecule has 0 aliphatic heterocycles. The predicted octanol–water partition coefficient (Wildman–Crippen LogP) is 4.82. The summed E-state index contributed by atoms with van der Waals surface area (Å²) in [7, 11) is 1.66. The first-order chi connectivity index (χ1) is 12.8. The molecule has 0 atom stereocenters. The molecule has 0 saturated carbocycles. The fourth-order valence-corrected chi connectivity index (χ4v) is 4.44. The summed E-state index contributed by atoms with van der Waals surface area (Å²) >= 11 is 3.11. The van der Waals surface area contributed by atoms with Crippen LogP contribution in [0.15, 0.2) is 53.9 Å². The zero-order valence-corrected chi connectivity index (χ0v) is 15.3. The van der Waals surface area contributed by atoms with E-state index < -0.39 is 0 Å². The molecular weight excluding hydrogens is 366 g/mol. The van der Waals surface area contributed by atoms with Crippen molar-refractivity contribution in [1.29, 1.82) is 0 Å². The van der Waals surface area contributed by atoms with Crippen molar-refractivity contribution in [3.8, 4) is 17.0 Å². The average Bonchev–Trinajstić information content (AvgIpc) is 3.35. The van der Waals surface area contributed by atoms with Crippen LogP contribution in [-0.2, 0) is 0 Å². The van der Waals surface area contributed by atoms with Crippen LogP contribution < -0.4 is 10.1 Å².